The largest absolute Gasteiger partial charge is 0.392 e. The highest BCUT2D eigenvalue weighted by atomic mass is 16.3. The SMILES string of the molecule is O[C@H]1CCCN(CCCn2ccnc2)C1. The number of aryl methyl sites for hydroxylation is 1. The van der Waals surface area contributed by atoms with E-state index in [2.05, 4.69) is 14.5 Å². The lowest BCUT2D eigenvalue weighted by atomic mass is 10.1. The number of imidazole rings is 1. The van der Waals surface area contributed by atoms with Crippen LogP contribution in [0.15, 0.2) is 18.7 Å². The standard InChI is InChI=1S/C11H19N3O/c15-11-3-1-5-13(9-11)6-2-7-14-8-4-12-10-14/h4,8,10-11,15H,1-3,5-7,9H2/t11-/m0/s1. The van der Waals surface area contributed by atoms with E-state index < -0.39 is 0 Å². The average molecular weight is 209 g/mol. The Morgan fingerprint density at radius 1 is 1.40 bits per heavy atom. The zero-order valence-corrected chi connectivity index (χ0v) is 9.05. The van der Waals surface area contributed by atoms with Gasteiger partial charge in [-0.25, -0.2) is 4.98 Å². The third kappa shape index (κ3) is 3.32. The Bertz CT molecular complexity index is 273. The molecule has 0 amide bonds. The van der Waals surface area contributed by atoms with E-state index in [1.165, 1.54) is 0 Å². The van der Waals surface area contributed by atoms with Crippen LogP contribution in [-0.2, 0) is 6.54 Å². The first-order chi connectivity index (χ1) is 7.34. The highest BCUT2D eigenvalue weighted by Gasteiger charge is 2.16. The third-order valence-corrected chi connectivity index (χ3v) is 2.93. The molecule has 4 nitrogen and oxygen atoms in total. The highest BCUT2D eigenvalue weighted by Crippen LogP contribution is 2.09. The number of likely N-dealkylation sites (tertiary alicyclic amines) is 1. The minimum atomic E-state index is -0.105. The van der Waals surface area contributed by atoms with E-state index in [1.807, 2.05) is 18.7 Å². The molecule has 1 saturated heterocycles. The van der Waals surface area contributed by atoms with Gasteiger partial charge in [0.2, 0.25) is 0 Å². The van der Waals surface area contributed by atoms with E-state index in [4.69, 9.17) is 0 Å². The molecule has 0 spiro atoms. The minimum Gasteiger partial charge on any atom is -0.392 e. The Hall–Kier alpha value is -0.870. The summed E-state index contributed by atoms with van der Waals surface area (Å²) in [4.78, 5) is 6.36. The Labute approximate surface area is 90.5 Å². The molecule has 1 aromatic rings. The summed E-state index contributed by atoms with van der Waals surface area (Å²) in [5.41, 5.74) is 0. The number of aliphatic hydroxyl groups excluding tert-OH is 1. The van der Waals surface area contributed by atoms with Crippen LogP contribution in [0.4, 0.5) is 0 Å². The molecule has 1 aliphatic heterocycles. The van der Waals surface area contributed by atoms with Crippen LogP contribution in [0.3, 0.4) is 0 Å². The van der Waals surface area contributed by atoms with Crippen molar-refractivity contribution in [2.45, 2.75) is 31.9 Å². The van der Waals surface area contributed by atoms with Crippen LogP contribution in [0.1, 0.15) is 19.3 Å². The normalized spacial score (nSPS) is 23.1. The zero-order valence-electron chi connectivity index (χ0n) is 9.05. The van der Waals surface area contributed by atoms with Crippen LogP contribution >= 0.6 is 0 Å². The van der Waals surface area contributed by atoms with Crippen molar-refractivity contribution in [3.8, 4) is 0 Å². The summed E-state index contributed by atoms with van der Waals surface area (Å²) >= 11 is 0. The van der Waals surface area contributed by atoms with Gasteiger partial charge in [-0.2, -0.15) is 0 Å². The molecule has 1 N–H and O–H groups in total. The smallest absolute Gasteiger partial charge is 0.0945 e. The van der Waals surface area contributed by atoms with Gasteiger partial charge in [0.05, 0.1) is 12.4 Å². The molecule has 4 heteroatoms. The zero-order chi connectivity index (χ0) is 10.5. The number of hydrogen-bond donors (Lipinski definition) is 1. The molecule has 0 aromatic carbocycles. The van der Waals surface area contributed by atoms with Gasteiger partial charge in [-0.05, 0) is 32.4 Å². The van der Waals surface area contributed by atoms with Gasteiger partial charge in [-0.1, -0.05) is 0 Å². The second-order valence-corrected chi connectivity index (χ2v) is 4.25. The summed E-state index contributed by atoms with van der Waals surface area (Å²) in [6.45, 7) is 4.09. The molecule has 1 aromatic heterocycles. The van der Waals surface area contributed by atoms with Gasteiger partial charge < -0.3 is 14.6 Å². The molecule has 2 rings (SSSR count). The summed E-state index contributed by atoms with van der Waals surface area (Å²) in [5, 5.41) is 9.51. The van der Waals surface area contributed by atoms with Crippen LogP contribution in [0.2, 0.25) is 0 Å². The molecule has 84 valence electrons. The predicted molar refractivity (Wildman–Crippen MR) is 58.5 cm³/mol. The monoisotopic (exact) mass is 209 g/mol. The lowest BCUT2D eigenvalue weighted by Gasteiger charge is -2.29. The second-order valence-electron chi connectivity index (χ2n) is 4.25. The maximum Gasteiger partial charge on any atom is 0.0945 e. The molecule has 1 fully saturated rings. The van der Waals surface area contributed by atoms with Crippen LogP contribution in [0, 0.1) is 0 Å². The molecular formula is C11H19N3O. The van der Waals surface area contributed by atoms with Crippen LogP contribution < -0.4 is 0 Å². The molecule has 2 heterocycles. The van der Waals surface area contributed by atoms with E-state index in [0.717, 1.165) is 45.4 Å². The maximum absolute atomic E-state index is 9.51. The van der Waals surface area contributed by atoms with Crippen molar-refractivity contribution in [2.75, 3.05) is 19.6 Å². The first-order valence-corrected chi connectivity index (χ1v) is 5.71. The van der Waals surface area contributed by atoms with Crippen molar-refractivity contribution in [1.29, 1.82) is 0 Å². The van der Waals surface area contributed by atoms with Gasteiger partial charge in [-0.3, -0.25) is 0 Å². The second kappa shape index (κ2) is 5.28. The summed E-state index contributed by atoms with van der Waals surface area (Å²) in [6.07, 6.45) is 8.78. The summed E-state index contributed by atoms with van der Waals surface area (Å²) in [7, 11) is 0. The van der Waals surface area contributed by atoms with Crippen molar-refractivity contribution in [3.05, 3.63) is 18.7 Å². The summed E-state index contributed by atoms with van der Waals surface area (Å²) < 4.78 is 2.10. The first-order valence-electron chi connectivity index (χ1n) is 5.71. The number of β-amino-alcohol motifs (C(OH)–C–C–N with tert-alkyl or cyclic N) is 1. The highest BCUT2D eigenvalue weighted by molar-refractivity contribution is 4.75. The molecule has 0 bridgehead atoms. The summed E-state index contributed by atoms with van der Waals surface area (Å²) in [6, 6.07) is 0. The molecule has 0 radical (unpaired) electrons. The first kappa shape index (κ1) is 10.6. The van der Waals surface area contributed by atoms with Gasteiger partial charge in [-0.15, -0.1) is 0 Å². The number of hydrogen-bond acceptors (Lipinski definition) is 3. The molecule has 1 aliphatic rings. The van der Waals surface area contributed by atoms with Gasteiger partial charge >= 0.3 is 0 Å². The molecule has 15 heavy (non-hydrogen) atoms. The molecule has 0 aliphatic carbocycles. The fourth-order valence-corrected chi connectivity index (χ4v) is 2.13. The van der Waals surface area contributed by atoms with E-state index in [9.17, 15) is 5.11 Å². The van der Waals surface area contributed by atoms with E-state index >= 15 is 0 Å². The fourth-order valence-electron chi connectivity index (χ4n) is 2.13. The molecule has 0 saturated carbocycles. The van der Waals surface area contributed by atoms with Gasteiger partial charge in [0.15, 0.2) is 0 Å². The number of piperidine rings is 1. The Morgan fingerprint density at radius 3 is 3.07 bits per heavy atom. The number of aromatic nitrogens is 2. The Balaban J connectivity index is 1.65. The van der Waals surface area contributed by atoms with E-state index in [0.29, 0.717) is 0 Å². The lowest BCUT2D eigenvalue weighted by molar-refractivity contribution is 0.0695. The number of aliphatic hydroxyl groups is 1. The number of nitrogens with zero attached hydrogens (tertiary/aromatic N) is 3. The molecule has 0 unspecified atom stereocenters. The quantitative estimate of drug-likeness (QED) is 0.795. The minimum absolute atomic E-state index is 0.105. The Morgan fingerprint density at radius 2 is 2.33 bits per heavy atom. The number of rotatable bonds is 4. The molecular weight excluding hydrogens is 190 g/mol. The van der Waals surface area contributed by atoms with Crippen molar-refractivity contribution in [3.63, 3.8) is 0 Å². The average Bonchev–Trinajstić information content (AvgIpc) is 2.71. The topological polar surface area (TPSA) is 41.3 Å². The maximum atomic E-state index is 9.51. The third-order valence-electron chi connectivity index (χ3n) is 2.93. The Kier molecular flexibility index (Phi) is 3.75. The van der Waals surface area contributed by atoms with Gasteiger partial charge in [0.1, 0.15) is 0 Å². The summed E-state index contributed by atoms with van der Waals surface area (Å²) in [5.74, 6) is 0. The predicted octanol–water partition coefficient (Wildman–Crippen LogP) is 0.730. The van der Waals surface area contributed by atoms with Crippen molar-refractivity contribution in [1.82, 2.24) is 14.5 Å². The lowest BCUT2D eigenvalue weighted by Crippen LogP contribution is -2.38. The van der Waals surface area contributed by atoms with Crippen molar-refractivity contribution in [2.24, 2.45) is 0 Å². The molecule has 1 atom stereocenters. The van der Waals surface area contributed by atoms with Gasteiger partial charge in [0.25, 0.3) is 0 Å². The van der Waals surface area contributed by atoms with Crippen LogP contribution in [-0.4, -0.2) is 45.3 Å². The van der Waals surface area contributed by atoms with E-state index in [-0.39, 0.29) is 6.10 Å². The van der Waals surface area contributed by atoms with Crippen molar-refractivity contribution < 1.29 is 5.11 Å². The van der Waals surface area contributed by atoms with Crippen LogP contribution in [0.25, 0.3) is 0 Å². The fraction of sp³-hybridized carbons (Fsp3) is 0.727. The van der Waals surface area contributed by atoms with E-state index in [1.54, 1.807) is 0 Å². The van der Waals surface area contributed by atoms with Gasteiger partial charge in [0, 0.05) is 25.5 Å². The van der Waals surface area contributed by atoms with Crippen molar-refractivity contribution >= 4 is 0 Å². The van der Waals surface area contributed by atoms with Crippen LogP contribution in [0.5, 0.6) is 0 Å².